The van der Waals surface area contributed by atoms with Crippen LogP contribution in [0, 0.1) is 0 Å². The number of halogens is 1. The van der Waals surface area contributed by atoms with Gasteiger partial charge in [0.2, 0.25) is 0 Å². The van der Waals surface area contributed by atoms with E-state index in [0.29, 0.717) is 6.61 Å². The second-order valence-electron chi connectivity index (χ2n) is 4.15. The Morgan fingerprint density at radius 3 is 2.53 bits per heavy atom. The van der Waals surface area contributed by atoms with Gasteiger partial charge in [-0.2, -0.15) is 0 Å². The molecule has 0 radical (unpaired) electrons. The first-order valence-corrected chi connectivity index (χ1v) is 8.37. The number of hydrogen-bond acceptors (Lipinski definition) is 5. The van der Waals surface area contributed by atoms with Gasteiger partial charge in [0.1, 0.15) is 12.2 Å². The third-order valence-corrected chi connectivity index (χ3v) is 4.01. The third-order valence-electron chi connectivity index (χ3n) is 2.57. The Morgan fingerprint density at radius 2 is 2.11 bits per heavy atom. The zero-order chi connectivity index (χ0) is 13.7. The minimum absolute atomic E-state index is 0.0518. The maximum atomic E-state index is 10.6. The quantitative estimate of drug-likeness (QED) is 0.652. The second-order valence-corrected chi connectivity index (χ2v) is 6.31. The van der Waals surface area contributed by atoms with Crippen LogP contribution in [0.15, 0.2) is 30.3 Å². The molecule has 106 valence electrons. The molecule has 0 aromatic heterocycles. The predicted molar refractivity (Wildman–Crippen MR) is 72.4 cm³/mol. The summed E-state index contributed by atoms with van der Waals surface area (Å²) in [7, 11) is -1.99. The molecule has 5 nitrogen and oxygen atoms in total. The van der Waals surface area contributed by atoms with Crippen molar-refractivity contribution in [2.45, 2.75) is 18.5 Å². The predicted octanol–water partition coefficient (Wildman–Crippen LogP) is 1.14. The number of epoxide rings is 2. The molecule has 0 spiro atoms. The van der Waals surface area contributed by atoms with Crippen LogP contribution < -0.4 is 5.30 Å². The highest BCUT2D eigenvalue weighted by atomic mass is 35.7. The normalized spacial score (nSPS) is 29.1. The summed E-state index contributed by atoms with van der Waals surface area (Å²) in [6.45, 7) is 1.45. The number of aliphatic hydroxyl groups excluding tert-OH is 1. The summed E-state index contributed by atoms with van der Waals surface area (Å²) in [5, 5.41) is 9.25. The molecule has 4 atom stereocenters. The van der Waals surface area contributed by atoms with Crippen molar-refractivity contribution in [1.82, 2.24) is 0 Å². The fourth-order valence-electron chi connectivity index (χ4n) is 1.34. The monoisotopic (exact) mass is 306 g/mol. The van der Waals surface area contributed by atoms with Gasteiger partial charge in [0.25, 0.3) is 0 Å². The van der Waals surface area contributed by atoms with Gasteiger partial charge in [0, 0.05) is 5.30 Å². The summed E-state index contributed by atoms with van der Waals surface area (Å²) in [5.41, 5.74) is 0. The van der Waals surface area contributed by atoms with Gasteiger partial charge in [-0.15, -0.1) is 0 Å². The number of benzene rings is 1. The van der Waals surface area contributed by atoms with Crippen molar-refractivity contribution in [3.8, 4) is 0 Å². The van der Waals surface area contributed by atoms with Gasteiger partial charge in [0.15, 0.2) is 13.4 Å². The topological polar surface area (TPSA) is 71.6 Å². The van der Waals surface area contributed by atoms with Crippen LogP contribution >= 0.6 is 18.4 Å². The maximum Gasteiger partial charge on any atom is 0.186 e. The molecule has 4 unspecified atom stereocenters. The van der Waals surface area contributed by atoms with Crippen molar-refractivity contribution in [3.63, 3.8) is 0 Å². The van der Waals surface area contributed by atoms with Crippen molar-refractivity contribution < 1.29 is 23.9 Å². The molecule has 19 heavy (non-hydrogen) atoms. The molecule has 0 saturated carbocycles. The van der Waals surface area contributed by atoms with E-state index < -0.39 is 7.15 Å². The largest absolute Gasteiger partial charge is 0.393 e. The lowest BCUT2D eigenvalue weighted by molar-refractivity contribution is 0.0405. The number of rotatable bonds is 5. The van der Waals surface area contributed by atoms with Crippen LogP contribution in [0.5, 0.6) is 0 Å². The Kier molecular flexibility index (Phi) is 5.82. The molecular formula is C12H16ClO5P. The van der Waals surface area contributed by atoms with E-state index in [-0.39, 0.29) is 25.1 Å². The third kappa shape index (κ3) is 5.61. The fraction of sp³-hybridized carbons (Fsp3) is 0.500. The van der Waals surface area contributed by atoms with E-state index in [4.69, 9.17) is 30.6 Å². The molecule has 2 saturated heterocycles. The molecule has 2 heterocycles. The van der Waals surface area contributed by atoms with Crippen LogP contribution in [0.4, 0.5) is 0 Å². The lowest BCUT2D eigenvalue weighted by Crippen LogP contribution is -2.08. The highest BCUT2D eigenvalue weighted by Crippen LogP contribution is 2.24. The standard InChI is InChI=1S/C6H6ClOP.C6H10O4/c7-9(8)6-4-2-1-3-5-6;7-1-5-6(10-5)9-3-4-2-8-4/h1-5,9H;4-7H,1-3H2. The maximum absolute atomic E-state index is 10.6. The Morgan fingerprint density at radius 1 is 1.42 bits per heavy atom. The van der Waals surface area contributed by atoms with Crippen LogP contribution in [0.2, 0.25) is 0 Å². The van der Waals surface area contributed by atoms with Crippen molar-refractivity contribution >= 4 is 23.7 Å². The molecule has 1 N–H and O–H groups in total. The first-order valence-electron chi connectivity index (χ1n) is 5.95. The Bertz CT molecular complexity index is 412. The van der Waals surface area contributed by atoms with E-state index in [1.165, 1.54) is 0 Å². The van der Waals surface area contributed by atoms with Crippen LogP contribution in [-0.4, -0.2) is 43.4 Å². The second kappa shape index (κ2) is 7.39. The Balaban J connectivity index is 0.000000141. The molecule has 7 heteroatoms. The highest BCUT2D eigenvalue weighted by Gasteiger charge is 2.40. The molecule has 0 amide bonds. The summed E-state index contributed by atoms with van der Waals surface area (Å²) < 4.78 is 25.6. The fourth-order valence-corrected chi connectivity index (χ4v) is 2.17. The van der Waals surface area contributed by atoms with Crippen LogP contribution in [-0.2, 0) is 18.8 Å². The first kappa shape index (κ1) is 15.0. The summed E-state index contributed by atoms with van der Waals surface area (Å²) in [6, 6.07) is 9.02. The van der Waals surface area contributed by atoms with E-state index in [2.05, 4.69) is 0 Å². The molecule has 1 aromatic carbocycles. The van der Waals surface area contributed by atoms with E-state index >= 15 is 0 Å². The van der Waals surface area contributed by atoms with Crippen molar-refractivity contribution in [3.05, 3.63) is 30.3 Å². The van der Waals surface area contributed by atoms with E-state index in [0.717, 1.165) is 11.9 Å². The molecular weight excluding hydrogens is 291 g/mol. The molecule has 0 aliphatic carbocycles. The Labute approximate surface area is 117 Å². The van der Waals surface area contributed by atoms with Crippen molar-refractivity contribution in [1.29, 1.82) is 0 Å². The number of ether oxygens (including phenoxy) is 3. The van der Waals surface area contributed by atoms with E-state index in [1.54, 1.807) is 12.1 Å². The number of aliphatic hydroxyl groups is 1. The first-order chi connectivity index (χ1) is 9.20. The zero-order valence-corrected chi connectivity index (χ0v) is 12.0. The smallest absolute Gasteiger partial charge is 0.186 e. The molecule has 2 aliphatic heterocycles. The minimum Gasteiger partial charge on any atom is -0.393 e. The average molecular weight is 307 g/mol. The van der Waals surface area contributed by atoms with Crippen molar-refractivity contribution in [2.75, 3.05) is 19.8 Å². The van der Waals surface area contributed by atoms with Gasteiger partial charge in [-0.05, 0) is 0 Å². The van der Waals surface area contributed by atoms with E-state index in [1.807, 2.05) is 18.2 Å². The SMILES string of the molecule is O=[PH](Cl)c1ccccc1.OCC1OC1OCC1CO1. The molecule has 3 rings (SSSR count). The van der Waals surface area contributed by atoms with Gasteiger partial charge in [-0.1, -0.05) is 41.6 Å². The minimum atomic E-state index is -1.99. The van der Waals surface area contributed by atoms with Gasteiger partial charge in [0.05, 0.1) is 19.8 Å². The van der Waals surface area contributed by atoms with Crippen LogP contribution in [0.1, 0.15) is 0 Å². The molecule has 2 aliphatic rings. The summed E-state index contributed by atoms with van der Waals surface area (Å²) in [6.07, 6.45) is 0.0245. The van der Waals surface area contributed by atoms with E-state index in [9.17, 15) is 4.57 Å². The van der Waals surface area contributed by atoms with Gasteiger partial charge in [-0.3, -0.25) is 0 Å². The van der Waals surface area contributed by atoms with Gasteiger partial charge < -0.3 is 23.9 Å². The molecule has 0 bridgehead atoms. The molecule has 2 fully saturated rings. The lowest BCUT2D eigenvalue weighted by Gasteiger charge is -1.93. The highest BCUT2D eigenvalue weighted by molar-refractivity contribution is 7.80. The van der Waals surface area contributed by atoms with Crippen LogP contribution in [0.3, 0.4) is 0 Å². The van der Waals surface area contributed by atoms with Crippen LogP contribution in [0.25, 0.3) is 0 Å². The molecule has 1 aromatic rings. The summed E-state index contributed by atoms with van der Waals surface area (Å²) in [4.78, 5) is 0. The summed E-state index contributed by atoms with van der Waals surface area (Å²) >= 11 is 5.35. The zero-order valence-electron chi connectivity index (χ0n) is 10.2. The van der Waals surface area contributed by atoms with Gasteiger partial charge >= 0.3 is 0 Å². The number of hydrogen-bond donors (Lipinski definition) is 1. The Hall–Kier alpha value is -0.420. The lowest BCUT2D eigenvalue weighted by atomic mass is 10.4. The van der Waals surface area contributed by atoms with Crippen molar-refractivity contribution in [2.24, 2.45) is 0 Å². The summed E-state index contributed by atoms with van der Waals surface area (Å²) in [5.74, 6) is 0. The van der Waals surface area contributed by atoms with Gasteiger partial charge in [-0.25, -0.2) is 0 Å². The average Bonchev–Trinajstić information content (AvgIpc) is 3.32.